The molecule has 2 aromatic carbocycles. The predicted molar refractivity (Wildman–Crippen MR) is 149 cm³/mol. The van der Waals surface area contributed by atoms with Crippen LogP contribution < -0.4 is 24.8 Å². The Hall–Kier alpha value is -3.26. The molecule has 2 amide bonds. The quantitative estimate of drug-likeness (QED) is 0.399. The van der Waals surface area contributed by atoms with Crippen LogP contribution in [0.2, 0.25) is 0 Å². The maximum Gasteiger partial charge on any atom is 0.252 e. The Bertz CT molecular complexity index is 1030. The van der Waals surface area contributed by atoms with Gasteiger partial charge >= 0.3 is 0 Å². The highest BCUT2D eigenvalue weighted by atomic mass is 16.5. The molecule has 0 radical (unpaired) electrons. The van der Waals surface area contributed by atoms with Crippen LogP contribution >= 0.6 is 0 Å². The van der Waals surface area contributed by atoms with E-state index in [-0.39, 0.29) is 17.4 Å². The van der Waals surface area contributed by atoms with E-state index < -0.39 is 6.04 Å². The average molecular weight is 526 g/mol. The van der Waals surface area contributed by atoms with Crippen molar-refractivity contribution in [3.05, 3.63) is 53.6 Å². The molecule has 0 saturated heterocycles. The van der Waals surface area contributed by atoms with Crippen LogP contribution in [0.4, 0.5) is 0 Å². The van der Waals surface area contributed by atoms with Gasteiger partial charge in [0.25, 0.3) is 5.91 Å². The molecule has 0 aromatic heterocycles. The van der Waals surface area contributed by atoms with Crippen molar-refractivity contribution in [3.63, 3.8) is 0 Å². The fourth-order valence-electron chi connectivity index (χ4n) is 5.05. The van der Waals surface area contributed by atoms with E-state index in [9.17, 15) is 9.59 Å². The first-order valence-electron chi connectivity index (χ1n) is 13.5. The van der Waals surface area contributed by atoms with Crippen molar-refractivity contribution in [2.75, 3.05) is 34.9 Å². The number of rotatable bonds is 13. The molecular weight excluding hydrogens is 482 g/mol. The number of carbonyl (C=O) groups excluding carboxylic acids is 2. The molecule has 1 aliphatic carbocycles. The van der Waals surface area contributed by atoms with Gasteiger partial charge in [0.15, 0.2) is 11.5 Å². The monoisotopic (exact) mass is 525 g/mol. The van der Waals surface area contributed by atoms with E-state index in [1.165, 1.54) is 20.6 Å². The lowest BCUT2D eigenvalue weighted by Gasteiger charge is -2.43. The van der Waals surface area contributed by atoms with Crippen molar-refractivity contribution >= 4 is 11.8 Å². The second kappa shape index (κ2) is 14.0. The van der Waals surface area contributed by atoms with E-state index in [1.807, 2.05) is 37.3 Å². The van der Waals surface area contributed by atoms with Crippen molar-refractivity contribution in [2.45, 2.75) is 70.1 Å². The van der Waals surface area contributed by atoms with Crippen LogP contribution in [0.5, 0.6) is 17.2 Å². The Morgan fingerprint density at radius 3 is 2.18 bits per heavy atom. The number of benzene rings is 2. The van der Waals surface area contributed by atoms with Gasteiger partial charge in [0, 0.05) is 17.6 Å². The average Bonchev–Trinajstić information content (AvgIpc) is 2.94. The summed E-state index contributed by atoms with van der Waals surface area (Å²) in [5, 5.41) is 6.07. The molecule has 1 fully saturated rings. The Balaban J connectivity index is 1.72. The van der Waals surface area contributed by atoms with Gasteiger partial charge in [-0.2, -0.15) is 0 Å². The first kappa shape index (κ1) is 29.3. The molecule has 38 heavy (non-hydrogen) atoms. The zero-order valence-corrected chi connectivity index (χ0v) is 23.5. The molecule has 208 valence electrons. The predicted octanol–water partition coefficient (Wildman–Crippen LogP) is 4.56. The Morgan fingerprint density at radius 2 is 1.63 bits per heavy atom. The summed E-state index contributed by atoms with van der Waals surface area (Å²) in [7, 11) is 7.20. The minimum Gasteiger partial charge on any atom is -0.493 e. The largest absolute Gasteiger partial charge is 0.493 e. The zero-order valence-electron chi connectivity index (χ0n) is 23.5. The second-order valence-electron chi connectivity index (χ2n) is 10.2. The summed E-state index contributed by atoms with van der Waals surface area (Å²) in [6.07, 6.45) is 6.98. The summed E-state index contributed by atoms with van der Waals surface area (Å²) >= 11 is 0. The van der Waals surface area contributed by atoms with Crippen LogP contribution in [-0.2, 0) is 11.4 Å². The van der Waals surface area contributed by atoms with Gasteiger partial charge in [0.1, 0.15) is 12.6 Å². The molecule has 1 atom stereocenters. The third kappa shape index (κ3) is 7.40. The van der Waals surface area contributed by atoms with Gasteiger partial charge in [-0.15, -0.1) is 0 Å². The number of hydrogen-bond donors (Lipinski definition) is 2. The van der Waals surface area contributed by atoms with Crippen molar-refractivity contribution in [3.8, 4) is 17.2 Å². The van der Waals surface area contributed by atoms with E-state index in [0.29, 0.717) is 42.4 Å². The number of amides is 2. The topological polar surface area (TPSA) is 89.1 Å². The fraction of sp³-hybridized carbons (Fsp3) is 0.533. The Morgan fingerprint density at radius 1 is 1.00 bits per heavy atom. The highest BCUT2D eigenvalue weighted by Gasteiger charge is 2.35. The Labute approximate surface area is 227 Å². The van der Waals surface area contributed by atoms with E-state index >= 15 is 0 Å². The molecular formula is C30H43N3O5. The van der Waals surface area contributed by atoms with Gasteiger partial charge < -0.3 is 29.7 Å². The van der Waals surface area contributed by atoms with Gasteiger partial charge in [-0.1, -0.05) is 62.9 Å². The molecule has 1 saturated carbocycles. The number of likely N-dealkylation sites (N-methyl/N-ethyl adjacent to an activating group) is 1. The zero-order chi connectivity index (χ0) is 27.5. The molecule has 2 aromatic rings. The van der Waals surface area contributed by atoms with E-state index in [2.05, 4.69) is 29.6 Å². The summed E-state index contributed by atoms with van der Waals surface area (Å²) in [5.41, 5.74) is 1.29. The normalized spacial score (nSPS) is 15.4. The van der Waals surface area contributed by atoms with Crippen molar-refractivity contribution in [2.24, 2.45) is 0 Å². The lowest BCUT2D eigenvalue weighted by atomic mass is 9.80. The number of ether oxygens (including phenoxy) is 3. The molecule has 2 N–H and O–H groups in total. The second-order valence-corrected chi connectivity index (χ2v) is 10.2. The van der Waals surface area contributed by atoms with Crippen molar-refractivity contribution in [1.82, 2.24) is 15.5 Å². The minimum atomic E-state index is -0.638. The molecule has 0 heterocycles. The standard InChI is InChI=1S/C30H43N3O5/c1-6-13-24(29(35)31-21-30(33(2)3)16-11-8-12-17-30)32-28(34)23-18-25(36-4)27(26(19-23)37-5)38-20-22-14-9-7-10-15-22/h7,9-10,14-15,18-19,24H,6,8,11-13,16-17,20-21H2,1-5H3,(H,31,35)(H,32,34)/t24-/m0/s1. The molecule has 0 spiro atoms. The highest BCUT2D eigenvalue weighted by molar-refractivity contribution is 5.98. The molecule has 3 rings (SSSR count). The summed E-state index contributed by atoms with van der Waals surface area (Å²) in [5.74, 6) is 0.651. The van der Waals surface area contributed by atoms with Crippen LogP contribution in [0.3, 0.4) is 0 Å². The van der Waals surface area contributed by atoms with Crippen LogP contribution in [0.1, 0.15) is 67.8 Å². The van der Waals surface area contributed by atoms with Crippen molar-refractivity contribution in [1.29, 1.82) is 0 Å². The lowest BCUT2D eigenvalue weighted by molar-refractivity contribution is -0.123. The van der Waals surface area contributed by atoms with Crippen LogP contribution in [-0.4, -0.2) is 63.2 Å². The van der Waals surface area contributed by atoms with Crippen molar-refractivity contribution < 1.29 is 23.8 Å². The van der Waals surface area contributed by atoms with Gasteiger partial charge in [0.05, 0.1) is 14.2 Å². The number of nitrogens with zero attached hydrogens (tertiary/aromatic N) is 1. The van der Waals surface area contributed by atoms with Crippen LogP contribution in [0.15, 0.2) is 42.5 Å². The maximum atomic E-state index is 13.3. The summed E-state index contributed by atoms with van der Waals surface area (Å²) in [4.78, 5) is 28.7. The number of hydrogen-bond acceptors (Lipinski definition) is 6. The van der Waals surface area contributed by atoms with Gasteiger partial charge in [0.2, 0.25) is 11.7 Å². The van der Waals surface area contributed by atoms with E-state index in [4.69, 9.17) is 14.2 Å². The third-order valence-electron chi connectivity index (χ3n) is 7.47. The van der Waals surface area contributed by atoms with Crippen LogP contribution in [0, 0.1) is 0 Å². The fourth-order valence-corrected chi connectivity index (χ4v) is 5.05. The van der Waals surface area contributed by atoms with Crippen LogP contribution in [0.25, 0.3) is 0 Å². The smallest absolute Gasteiger partial charge is 0.252 e. The first-order chi connectivity index (χ1) is 18.3. The molecule has 0 aliphatic heterocycles. The minimum absolute atomic E-state index is 0.0367. The summed E-state index contributed by atoms with van der Waals surface area (Å²) < 4.78 is 17.1. The highest BCUT2D eigenvalue weighted by Crippen LogP contribution is 2.39. The Kier molecular flexibility index (Phi) is 10.8. The van der Waals surface area contributed by atoms with E-state index in [1.54, 1.807) is 12.1 Å². The molecule has 0 bridgehead atoms. The maximum absolute atomic E-state index is 13.3. The van der Waals surface area contributed by atoms with Gasteiger partial charge in [-0.25, -0.2) is 0 Å². The van der Waals surface area contributed by atoms with Gasteiger partial charge in [-0.05, 0) is 51.1 Å². The van der Waals surface area contributed by atoms with Gasteiger partial charge in [-0.3, -0.25) is 9.59 Å². The number of methoxy groups -OCH3 is 2. The first-order valence-corrected chi connectivity index (χ1v) is 13.5. The lowest BCUT2D eigenvalue weighted by Crippen LogP contribution is -2.56. The summed E-state index contributed by atoms with van der Waals surface area (Å²) in [6.45, 7) is 2.90. The molecule has 1 aliphatic rings. The molecule has 8 heteroatoms. The number of carbonyl (C=O) groups is 2. The molecule has 0 unspecified atom stereocenters. The SMILES string of the molecule is CCC[C@H](NC(=O)c1cc(OC)c(OCc2ccccc2)c(OC)c1)C(=O)NCC1(N(C)C)CCCCC1. The number of nitrogens with one attached hydrogen (secondary N) is 2. The summed E-state index contributed by atoms with van der Waals surface area (Å²) in [6, 6.07) is 12.4. The third-order valence-corrected chi connectivity index (χ3v) is 7.47. The van der Waals surface area contributed by atoms with E-state index in [0.717, 1.165) is 37.7 Å². The molecule has 8 nitrogen and oxygen atoms in total.